The van der Waals surface area contributed by atoms with Crippen molar-refractivity contribution in [2.24, 2.45) is 0 Å². The van der Waals surface area contributed by atoms with Crippen LogP contribution in [0.25, 0.3) is 0 Å². The number of anilines is 1. The summed E-state index contributed by atoms with van der Waals surface area (Å²) >= 11 is 0. The smallest absolute Gasteiger partial charge is 0.121 e. The molecule has 0 aliphatic heterocycles. The fraction of sp³-hybridized carbons (Fsp3) is 0.167. The number of nitrogen functional groups attached to an aromatic ring is 1. The second kappa shape index (κ2) is 4.55. The van der Waals surface area contributed by atoms with Crippen molar-refractivity contribution in [2.75, 3.05) is 12.3 Å². The van der Waals surface area contributed by atoms with E-state index in [1.54, 1.807) is 0 Å². The quantitative estimate of drug-likeness (QED) is 0.772. The van der Waals surface area contributed by atoms with E-state index >= 15 is 0 Å². The van der Waals surface area contributed by atoms with Gasteiger partial charge in [-0.15, -0.1) is 0 Å². The highest BCUT2D eigenvalue weighted by molar-refractivity contribution is 5.43. The first-order valence-electron chi connectivity index (χ1n) is 4.94. The number of aromatic nitrogens is 1. The molecule has 3 nitrogen and oxygen atoms in total. The molecule has 2 N–H and O–H groups in total. The van der Waals surface area contributed by atoms with Crippen LogP contribution in [0.1, 0.15) is 0 Å². The molecule has 0 atom stereocenters. The Morgan fingerprint density at radius 3 is 2.67 bits per heavy atom. The van der Waals surface area contributed by atoms with Crippen molar-refractivity contribution in [1.29, 1.82) is 0 Å². The van der Waals surface area contributed by atoms with Gasteiger partial charge in [0.1, 0.15) is 12.4 Å². The van der Waals surface area contributed by atoms with Crippen molar-refractivity contribution in [1.82, 2.24) is 4.57 Å². The first-order valence-corrected chi connectivity index (χ1v) is 4.94. The van der Waals surface area contributed by atoms with Crippen molar-refractivity contribution in [3.05, 3.63) is 48.8 Å². The summed E-state index contributed by atoms with van der Waals surface area (Å²) in [7, 11) is 0. The lowest BCUT2D eigenvalue weighted by Gasteiger charge is -2.07. The van der Waals surface area contributed by atoms with Gasteiger partial charge in [-0.3, -0.25) is 0 Å². The maximum atomic E-state index is 5.64. The van der Waals surface area contributed by atoms with Gasteiger partial charge in [0, 0.05) is 24.1 Å². The molecule has 0 aliphatic carbocycles. The molecule has 15 heavy (non-hydrogen) atoms. The third-order valence-electron chi connectivity index (χ3n) is 2.14. The zero-order chi connectivity index (χ0) is 10.5. The molecule has 0 saturated carbocycles. The van der Waals surface area contributed by atoms with Crippen molar-refractivity contribution in [3.63, 3.8) is 0 Å². The highest BCUT2D eigenvalue weighted by atomic mass is 16.5. The maximum Gasteiger partial charge on any atom is 0.121 e. The molecule has 1 aromatic heterocycles. The Bertz CT molecular complexity index is 409. The Balaban J connectivity index is 1.83. The molecule has 2 rings (SSSR count). The van der Waals surface area contributed by atoms with Crippen LogP contribution in [-0.4, -0.2) is 11.2 Å². The molecule has 78 valence electrons. The third-order valence-corrected chi connectivity index (χ3v) is 2.14. The molecule has 1 heterocycles. The standard InChI is InChI=1S/C12H14N2O/c13-11-4-3-5-12(10-11)15-9-8-14-6-1-2-7-14/h1-7,10H,8-9,13H2. The Kier molecular flexibility index (Phi) is 2.93. The van der Waals surface area contributed by atoms with Crippen molar-refractivity contribution in [3.8, 4) is 5.75 Å². The number of rotatable bonds is 4. The molecule has 2 aromatic rings. The molecular weight excluding hydrogens is 188 g/mol. The maximum absolute atomic E-state index is 5.64. The van der Waals surface area contributed by atoms with E-state index in [2.05, 4.69) is 4.57 Å². The molecular formula is C12H14N2O. The van der Waals surface area contributed by atoms with E-state index in [1.807, 2.05) is 48.8 Å². The van der Waals surface area contributed by atoms with Gasteiger partial charge >= 0.3 is 0 Å². The van der Waals surface area contributed by atoms with Crippen molar-refractivity contribution < 1.29 is 4.74 Å². The minimum absolute atomic E-state index is 0.651. The van der Waals surface area contributed by atoms with E-state index < -0.39 is 0 Å². The zero-order valence-corrected chi connectivity index (χ0v) is 8.47. The predicted octanol–water partition coefficient (Wildman–Crippen LogP) is 2.15. The second-order valence-electron chi connectivity index (χ2n) is 3.34. The van der Waals surface area contributed by atoms with Crippen LogP contribution in [0.2, 0.25) is 0 Å². The van der Waals surface area contributed by atoms with Gasteiger partial charge in [-0.1, -0.05) is 6.07 Å². The summed E-state index contributed by atoms with van der Waals surface area (Å²) < 4.78 is 7.63. The lowest BCUT2D eigenvalue weighted by molar-refractivity contribution is 0.299. The number of hydrogen-bond acceptors (Lipinski definition) is 2. The molecule has 0 spiro atoms. The number of nitrogens with zero attached hydrogens (tertiary/aromatic N) is 1. The minimum atomic E-state index is 0.651. The summed E-state index contributed by atoms with van der Waals surface area (Å²) in [6.07, 6.45) is 4.03. The normalized spacial score (nSPS) is 10.1. The Morgan fingerprint density at radius 1 is 1.13 bits per heavy atom. The van der Waals surface area contributed by atoms with Gasteiger partial charge in [0.15, 0.2) is 0 Å². The van der Waals surface area contributed by atoms with Crippen molar-refractivity contribution in [2.45, 2.75) is 6.54 Å². The van der Waals surface area contributed by atoms with E-state index in [4.69, 9.17) is 10.5 Å². The fourth-order valence-electron chi connectivity index (χ4n) is 1.39. The van der Waals surface area contributed by atoms with Gasteiger partial charge in [0.25, 0.3) is 0 Å². The molecule has 0 saturated heterocycles. The van der Waals surface area contributed by atoms with Gasteiger partial charge in [-0.25, -0.2) is 0 Å². The number of nitrogens with two attached hydrogens (primary N) is 1. The molecule has 0 fully saturated rings. The summed E-state index contributed by atoms with van der Waals surface area (Å²) in [4.78, 5) is 0. The van der Waals surface area contributed by atoms with Crippen LogP contribution in [0.5, 0.6) is 5.75 Å². The Labute approximate surface area is 89.1 Å². The van der Waals surface area contributed by atoms with Crippen LogP contribution in [-0.2, 0) is 6.54 Å². The Morgan fingerprint density at radius 2 is 1.93 bits per heavy atom. The van der Waals surface area contributed by atoms with Gasteiger partial charge in [0.2, 0.25) is 0 Å². The highest BCUT2D eigenvalue weighted by Gasteiger charge is 1.94. The third kappa shape index (κ3) is 2.77. The van der Waals surface area contributed by atoms with Gasteiger partial charge in [-0.2, -0.15) is 0 Å². The molecule has 0 bridgehead atoms. The molecule has 0 aliphatic rings. The van der Waals surface area contributed by atoms with Crippen LogP contribution >= 0.6 is 0 Å². The van der Waals surface area contributed by atoms with E-state index in [9.17, 15) is 0 Å². The summed E-state index contributed by atoms with van der Waals surface area (Å²) in [5, 5.41) is 0. The average molecular weight is 202 g/mol. The van der Waals surface area contributed by atoms with Crippen LogP contribution in [0.15, 0.2) is 48.8 Å². The number of ether oxygens (including phenoxy) is 1. The summed E-state index contributed by atoms with van der Waals surface area (Å²) in [5.41, 5.74) is 6.37. The molecule has 1 aromatic carbocycles. The number of hydrogen-bond donors (Lipinski definition) is 1. The lowest BCUT2D eigenvalue weighted by Crippen LogP contribution is -2.06. The summed E-state index contributed by atoms with van der Waals surface area (Å²) in [5.74, 6) is 0.821. The lowest BCUT2D eigenvalue weighted by atomic mass is 10.3. The largest absolute Gasteiger partial charge is 0.492 e. The van der Waals surface area contributed by atoms with Crippen LogP contribution in [0.4, 0.5) is 5.69 Å². The first-order chi connectivity index (χ1) is 7.34. The first kappa shape index (κ1) is 9.65. The molecule has 0 unspecified atom stereocenters. The van der Waals surface area contributed by atoms with Crippen LogP contribution < -0.4 is 10.5 Å². The second-order valence-corrected chi connectivity index (χ2v) is 3.34. The topological polar surface area (TPSA) is 40.2 Å². The predicted molar refractivity (Wildman–Crippen MR) is 60.8 cm³/mol. The van der Waals surface area contributed by atoms with Gasteiger partial charge in [-0.05, 0) is 24.3 Å². The van der Waals surface area contributed by atoms with E-state index in [0.717, 1.165) is 18.0 Å². The van der Waals surface area contributed by atoms with Gasteiger partial charge < -0.3 is 15.0 Å². The number of benzene rings is 1. The van der Waals surface area contributed by atoms with E-state index in [0.29, 0.717) is 6.61 Å². The van der Waals surface area contributed by atoms with Crippen molar-refractivity contribution >= 4 is 5.69 Å². The van der Waals surface area contributed by atoms with E-state index in [1.165, 1.54) is 0 Å². The average Bonchev–Trinajstić information content (AvgIpc) is 2.71. The van der Waals surface area contributed by atoms with Crippen LogP contribution in [0.3, 0.4) is 0 Å². The minimum Gasteiger partial charge on any atom is -0.492 e. The molecule has 0 radical (unpaired) electrons. The van der Waals surface area contributed by atoms with Crippen LogP contribution in [0, 0.1) is 0 Å². The zero-order valence-electron chi connectivity index (χ0n) is 8.47. The summed E-state index contributed by atoms with van der Waals surface area (Å²) in [6.45, 7) is 1.50. The summed E-state index contributed by atoms with van der Waals surface area (Å²) in [6, 6.07) is 11.5. The van der Waals surface area contributed by atoms with E-state index in [-0.39, 0.29) is 0 Å². The monoisotopic (exact) mass is 202 g/mol. The highest BCUT2D eigenvalue weighted by Crippen LogP contribution is 2.14. The van der Waals surface area contributed by atoms with Gasteiger partial charge in [0.05, 0.1) is 6.54 Å². The fourth-order valence-corrected chi connectivity index (χ4v) is 1.39. The molecule has 0 amide bonds. The molecule has 3 heteroatoms. The SMILES string of the molecule is Nc1cccc(OCCn2cccc2)c1. The Hall–Kier alpha value is -1.90.